The van der Waals surface area contributed by atoms with Crippen LogP contribution in [-0.4, -0.2) is 98.1 Å². The fourth-order valence-corrected chi connectivity index (χ4v) is 5.04. The topological polar surface area (TPSA) is 72.4 Å². The van der Waals surface area contributed by atoms with Crippen molar-refractivity contribution in [3.63, 3.8) is 0 Å². The molecule has 3 fully saturated rings. The molecule has 0 atom stereocenters. The molecule has 3 N–H and O–H groups in total. The molecule has 2 heterocycles. The van der Waals surface area contributed by atoms with Crippen molar-refractivity contribution in [2.45, 2.75) is 69.9 Å². The second kappa shape index (κ2) is 14.1. The number of rotatable bonds is 8. The number of nitrogens with zero attached hydrogens (tertiary/aromatic N) is 3. The third-order valence-corrected chi connectivity index (χ3v) is 6.84. The lowest BCUT2D eigenvalue weighted by atomic mass is 9.80. The van der Waals surface area contributed by atoms with Crippen LogP contribution in [0.4, 0.5) is 0 Å². The van der Waals surface area contributed by atoms with E-state index in [1.54, 1.807) is 0 Å². The summed E-state index contributed by atoms with van der Waals surface area (Å²) in [4.78, 5) is 10.2. The van der Waals surface area contributed by atoms with Gasteiger partial charge in [-0.3, -0.25) is 9.89 Å². The van der Waals surface area contributed by atoms with Crippen LogP contribution < -0.4 is 10.6 Å². The molecule has 0 radical (unpaired) electrons. The molecule has 3 aliphatic rings. The molecule has 0 bridgehead atoms. The predicted octanol–water partition coefficient (Wildman–Crippen LogP) is 2.04. The van der Waals surface area contributed by atoms with Gasteiger partial charge in [-0.2, -0.15) is 0 Å². The average molecular weight is 538 g/mol. The lowest BCUT2D eigenvalue weighted by Crippen LogP contribution is -2.56. The zero-order chi connectivity index (χ0) is 20.4. The third-order valence-electron chi connectivity index (χ3n) is 6.84. The number of aliphatic imine (C=N–C) groups is 1. The van der Waals surface area contributed by atoms with E-state index in [4.69, 9.17) is 9.73 Å². The molecule has 176 valence electrons. The highest BCUT2D eigenvalue weighted by molar-refractivity contribution is 14.0. The summed E-state index contributed by atoms with van der Waals surface area (Å²) >= 11 is 0. The number of ether oxygens (including phenoxy) is 1. The quantitative estimate of drug-likeness (QED) is 0.191. The van der Waals surface area contributed by atoms with Crippen molar-refractivity contribution in [2.24, 2.45) is 4.99 Å². The number of nitrogens with one attached hydrogen (secondary N) is 2. The Balaban J connectivity index is 0.00000320. The molecule has 3 rings (SSSR count). The monoisotopic (exact) mass is 537 g/mol. The second-order valence-corrected chi connectivity index (χ2v) is 8.93. The van der Waals surface area contributed by atoms with Crippen molar-refractivity contribution >= 4 is 29.9 Å². The number of hydrogen-bond acceptors (Lipinski definition) is 5. The maximum absolute atomic E-state index is 9.64. The van der Waals surface area contributed by atoms with E-state index in [2.05, 4.69) is 27.4 Å². The maximum Gasteiger partial charge on any atom is 0.191 e. The molecule has 7 nitrogen and oxygen atoms in total. The number of guanidine groups is 1. The standard InChI is InChI=1S/C22H43N5O2.HI/c1-2-23-21(24-11-6-12-26-13-7-20(28)8-14-26)25-19-22(9-4-3-5-10-22)27-15-17-29-18-16-27;/h20,28H,2-19H2,1H3,(H2,23,24,25);1H. The van der Waals surface area contributed by atoms with Gasteiger partial charge in [-0.15, -0.1) is 24.0 Å². The fraction of sp³-hybridized carbons (Fsp3) is 0.955. The lowest BCUT2D eigenvalue weighted by molar-refractivity contribution is -0.0333. The zero-order valence-corrected chi connectivity index (χ0v) is 21.2. The molecular formula is C22H44IN5O2. The molecular weight excluding hydrogens is 493 g/mol. The van der Waals surface area contributed by atoms with Crippen molar-refractivity contribution in [1.29, 1.82) is 0 Å². The highest BCUT2D eigenvalue weighted by Gasteiger charge is 2.38. The summed E-state index contributed by atoms with van der Waals surface area (Å²) in [5.41, 5.74) is 0.221. The van der Waals surface area contributed by atoms with Crippen molar-refractivity contribution in [1.82, 2.24) is 20.4 Å². The van der Waals surface area contributed by atoms with Gasteiger partial charge in [0.1, 0.15) is 0 Å². The molecule has 0 aromatic heterocycles. The number of likely N-dealkylation sites (tertiary alicyclic amines) is 1. The molecule has 0 unspecified atom stereocenters. The van der Waals surface area contributed by atoms with E-state index in [-0.39, 0.29) is 35.6 Å². The Hall–Kier alpha value is -0.160. The van der Waals surface area contributed by atoms with E-state index in [0.29, 0.717) is 0 Å². The summed E-state index contributed by atoms with van der Waals surface area (Å²) in [6.45, 7) is 11.8. The van der Waals surface area contributed by atoms with Gasteiger partial charge in [-0.1, -0.05) is 19.3 Å². The van der Waals surface area contributed by atoms with Crippen LogP contribution >= 0.6 is 24.0 Å². The highest BCUT2D eigenvalue weighted by Crippen LogP contribution is 2.34. The summed E-state index contributed by atoms with van der Waals surface area (Å²) in [6, 6.07) is 0. The molecule has 0 spiro atoms. The normalized spacial score (nSPS) is 24.3. The summed E-state index contributed by atoms with van der Waals surface area (Å²) in [7, 11) is 0. The first-order valence-electron chi connectivity index (χ1n) is 12.0. The Labute approximate surface area is 200 Å². The Morgan fingerprint density at radius 1 is 1.07 bits per heavy atom. The molecule has 1 saturated carbocycles. The van der Waals surface area contributed by atoms with Crippen LogP contribution in [-0.2, 0) is 4.74 Å². The Bertz CT molecular complexity index is 488. The molecule has 0 amide bonds. The number of hydrogen-bond donors (Lipinski definition) is 3. The summed E-state index contributed by atoms with van der Waals surface area (Å²) in [5.74, 6) is 0.958. The van der Waals surface area contributed by atoms with Crippen LogP contribution in [0.15, 0.2) is 4.99 Å². The van der Waals surface area contributed by atoms with Gasteiger partial charge in [-0.05, 0) is 45.6 Å². The zero-order valence-electron chi connectivity index (χ0n) is 18.9. The van der Waals surface area contributed by atoms with Gasteiger partial charge in [0.05, 0.1) is 25.9 Å². The largest absolute Gasteiger partial charge is 0.393 e. The molecule has 30 heavy (non-hydrogen) atoms. The Morgan fingerprint density at radius 3 is 2.43 bits per heavy atom. The predicted molar refractivity (Wildman–Crippen MR) is 134 cm³/mol. The summed E-state index contributed by atoms with van der Waals surface area (Å²) in [6.07, 6.45) is 9.38. The van der Waals surface area contributed by atoms with Gasteiger partial charge < -0.3 is 25.4 Å². The minimum absolute atomic E-state index is 0. The summed E-state index contributed by atoms with van der Waals surface area (Å²) < 4.78 is 5.60. The van der Waals surface area contributed by atoms with E-state index in [1.807, 2.05) is 0 Å². The number of halogens is 1. The number of morpholine rings is 1. The van der Waals surface area contributed by atoms with E-state index in [1.165, 1.54) is 32.1 Å². The fourth-order valence-electron chi connectivity index (χ4n) is 5.04. The van der Waals surface area contributed by atoms with Gasteiger partial charge >= 0.3 is 0 Å². The molecule has 1 aliphatic carbocycles. The summed E-state index contributed by atoms with van der Waals surface area (Å²) in [5, 5.41) is 16.6. The first kappa shape index (κ1) is 26.1. The molecule has 8 heteroatoms. The first-order chi connectivity index (χ1) is 14.2. The number of piperidine rings is 1. The Morgan fingerprint density at radius 2 is 1.77 bits per heavy atom. The molecule has 0 aromatic carbocycles. The van der Waals surface area contributed by atoms with Crippen LogP contribution in [0.25, 0.3) is 0 Å². The van der Waals surface area contributed by atoms with Crippen LogP contribution in [0.1, 0.15) is 58.3 Å². The maximum atomic E-state index is 9.64. The third kappa shape index (κ3) is 8.07. The first-order valence-corrected chi connectivity index (χ1v) is 12.0. The van der Waals surface area contributed by atoms with Gasteiger partial charge in [0.15, 0.2) is 5.96 Å². The Kier molecular flexibility index (Phi) is 12.2. The SMILES string of the molecule is CCNC(=NCC1(N2CCOCC2)CCCCC1)NCCCN1CCC(O)CC1.I. The van der Waals surface area contributed by atoms with Crippen LogP contribution in [0.2, 0.25) is 0 Å². The van der Waals surface area contributed by atoms with E-state index in [0.717, 1.165) is 90.8 Å². The van der Waals surface area contributed by atoms with Crippen LogP contribution in [0, 0.1) is 0 Å². The van der Waals surface area contributed by atoms with Crippen molar-refractivity contribution < 1.29 is 9.84 Å². The highest BCUT2D eigenvalue weighted by atomic mass is 127. The smallest absolute Gasteiger partial charge is 0.191 e. The minimum atomic E-state index is -0.0876. The van der Waals surface area contributed by atoms with Crippen LogP contribution in [0.3, 0.4) is 0 Å². The number of aliphatic hydroxyl groups is 1. The van der Waals surface area contributed by atoms with Crippen molar-refractivity contribution in [3.8, 4) is 0 Å². The minimum Gasteiger partial charge on any atom is -0.393 e. The van der Waals surface area contributed by atoms with Crippen LogP contribution in [0.5, 0.6) is 0 Å². The van der Waals surface area contributed by atoms with E-state index >= 15 is 0 Å². The van der Waals surface area contributed by atoms with Crippen molar-refractivity contribution in [2.75, 3.05) is 65.6 Å². The van der Waals surface area contributed by atoms with Gasteiger partial charge in [0, 0.05) is 44.8 Å². The molecule has 2 aliphatic heterocycles. The number of aliphatic hydroxyl groups excluding tert-OH is 1. The second-order valence-electron chi connectivity index (χ2n) is 8.93. The van der Waals surface area contributed by atoms with Crippen molar-refractivity contribution in [3.05, 3.63) is 0 Å². The molecule has 0 aromatic rings. The van der Waals surface area contributed by atoms with Gasteiger partial charge in [0.25, 0.3) is 0 Å². The molecule has 2 saturated heterocycles. The van der Waals surface area contributed by atoms with Gasteiger partial charge in [0.2, 0.25) is 0 Å². The van der Waals surface area contributed by atoms with Gasteiger partial charge in [-0.25, -0.2) is 0 Å². The lowest BCUT2D eigenvalue weighted by Gasteiger charge is -2.47. The van der Waals surface area contributed by atoms with E-state index < -0.39 is 0 Å². The van der Waals surface area contributed by atoms with E-state index in [9.17, 15) is 5.11 Å². The average Bonchev–Trinajstić information content (AvgIpc) is 2.77.